The summed E-state index contributed by atoms with van der Waals surface area (Å²) in [6.45, 7) is 4.26. The number of nitrogens with one attached hydrogen (secondary N) is 1. The zero-order chi connectivity index (χ0) is 15.1. The molecule has 1 aromatic rings. The van der Waals surface area contributed by atoms with Gasteiger partial charge in [-0.2, -0.15) is 0 Å². The first-order valence-electron chi connectivity index (χ1n) is 7.91. The Morgan fingerprint density at radius 2 is 1.95 bits per heavy atom. The number of halogens is 1. The molecule has 4 nitrogen and oxygen atoms in total. The van der Waals surface area contributed by atoms with Crippen molar-refractivity contribution in [3.8, 4) is 0 Å². The summed E-state index contributed by atoms with van der Waals surface area (Å²) in [6, 6.07) is 1.30. The molecule has 1 saturated heterocycles. The number of hydrogen-bond donors (Lipinski definition) is 1. The van der Waals surface area contributed by atoms with Crippen molar-refractivity contribution in [1.82, 2.24) is 9.88 Å². The van der Waals surface area contributed by atoms with Crippen LogP contribution < -0.4 is 5.32 Å². The van der Waals surface area contributed by atoms with Gasteiger partial charge in [0.05, 0.1) is 11.8 Å². The molecular formula is C16H24FN3O. The van der Waals surface area contributed by atoms with E-state index in [9.17, 15) is 9.18 Å². The minimum absolute atomic E-state index is 0.109. The quantitative estimate of drug-likeness (QED) is 0.925. The predicted octanol–water partition coefficient (Wildman–Crippen LogP) is 3.45. The number of carbonyl (C=O) groups is 1. The molecular weight excluding hydrogens is 269 g/mol. The first-order valence-corrected chi connectivity index (χ1v) is 7.91. The number of anilines is 1. The van der Waals surface area contributed by atoms with Crippen LogP contribution in [-0.4, -0.2) is 35.4 Å². The van der Waals surface area contributed by atoms with Gasteiger partial charge in [-0.3, -0.25) is 4.79 Å². The fourth-order valence-electron chi connectivity index (χ4n) is 2.61. The highest BCUT2D eigenvalue weighted by molar-refractivity contribution is 5.98. The van der Waals surface area contributed by atoms with E-state index < -0.39 is 5.82 Å². The maximum atomic E-state index is 13.5. The number of likely N-dealkylation sites (tertiary alicyclic amines) is 1. The van der Waals surface area contributed by atoms with Crippen LogP contribution in [0.15, 0.2) is 12.3 Å². The van der Waals surface area contributed by atoms with Crippen LogP contribution in [0.3, 0.4) is 0 Å². The summed E-state index contributed by atoms with van der Waals surface area (Å²) in [5, 5.41) is 3.11. The van der Waals surface area contributed by atoms with Crippen molar-refractivity contribution in [2.45, 2.75) is 45.4 Å². The molecule has 1 amide bonds. The van der Waals surface area contributed by atoms with Crippen molar-refractivity contribution in [1.29, 1.82) is 0 Å². The van der Waals surface area contributed by atoms with Crippen molar-refractivity contribution in [2.24, 2.45) is 0 Å². The van der Waals surface area contributed by atoms with Crippen LogP contribution in [-0.2, 0) is 0 Å². The van der Waals surface area contributed by atoms with Gasteiger partial charge in [-0.15, -0.1) is 0 Å². The number of rotatable bonds is 4. The van der Waals surface area contributed by atoms with Crippen molar-refractivity contribution in [2.75, 3.05) is 25.0 Å². The summed E-state index contributed by atoms with van der Waals surface area (Å²) in [6.07, 6.45) is 7.68. The molecule has 0 radical (unpaired) electrons. The third-order valence-electron chi connectivity index (χ3n) is 3.77. The van der Waals surface area contributed by atoms with E-state index in [-0.39, 0.29) is 5.91 Å². The second kappa shape index (κ2) is 7.96. The smallest absolute Gasteiger partial charge is 0.257 e. The van der Waals surface area contributed by atoms with Gasteiger partial charge >= 0.3 is 0 Å². The van der Waals surface area contributed by atoms with E-state index in [0.717, 1.165) is 57.9 Å². The molecule has 21 heavy (non-hydrogen) atoms. The van der Waals surface area contributed by atoms with Gasteiger partial charge in [-0.25, -0.2) is 9.37 Å². The van der Waals surface area contributed by atoms with Crippen LogP contribution in [0.5, 0.6) is 0 Å². The lowest BCUT2D eigenvalue weighted by molar-refractivity contribution is 0.0742. The summed E-state index contributed by atoms with van der Waals surface area (Å²) in [7, 11) is 0. The minimum atomic E-state index is -0.465. The molecule has 2 heterocycles. The SMILES string of the molecule is CCCNc1ncc(F)cc1C(=O)N1CCCCCCC1. The predicted molar refractivity (Wildman–Crippen MR) is 82.0 cm³/mol. The van der Waals surface area contributed by atoms with Crippen LogP contribution in [0.1, 0.15) is 55.8 Å². The molecule has 0 aromatic carbocycles. The molecule has 1 aliphatic heterocycles. The van der Waals surface area contributed by atoms with E-state index in [2.05, 4.69) is 10.3 Å². The van der Waals surface area contributed by atoms with Gasteiger partial charge in [-0.1, -0.05) is 26.2 Å². The van der Waals surface area contributed by atoms with E-state index in [1.807, 2.05) is 11.8 Å². The zero-order valence-electron chi connectivity index (χ0n) is 12.7. The minimum Gasteiger partial charge on any atom is -0.369 e. The van der Waals surface area contributed by atoms with Crippen LogP contribution in [0.4, 0.5) is 10.2 Å². The maximum absolute atomic E-state index is 13.5. The summed E-state index contributed by atoms with van der Waals surface area (Å²) in [4.78, 5) is 18.6. The van der Waals surface area contributed by atoms with Gasteiger partial charge in [0.2, 0.25) is 0 Å². The first kappa shape index (κ1) is 15.7. The molecule has 1 fully saturated rings. The number of aromatic nitrogens is 1. The number of nitrogens with zero attached hydrogens (tertiary/aromatic N) is 2. The van der Waals surface area contributed by atoms with E-state index in [0.29, 0.717) is 11.4 Å². The fraction of sp³-hybridized carbons (Fsp3) is 0.625. The van der Waals surface area contributed by atoms with Gasteiger partial charge in [0, 0.05) is 19.6 Å². The topological polar surface area (TPSA) is 45.2 Å². The normalized spacial score (nSPS) is 16.2. The Hall–Kier alpha value is -1.65. The highest BCUT2D eigenvalue weighted by Gasteiger charge is 2.21. The molecule has 0 unspecified atom stereocenters. The van der Waals surface area contributed by atoms with Gasteiger partial charge in [0.1, 0.15) is 11.6 Å². The summed E-state index contributed by atoms with van der Waals surface area (Å²) >= 11 is 0. The average molecular weight is 293 g/mol. The van der Waals surface area contributed by atoms with Crippen LogP contribution in [0.2, 0.25) is 0 Å². The molecule has 0 spiro atoms. The molecule has 5 heteroatoms. The third kappa shape index (κ3) is 4.41. The molecule has 0 aliphatic carbocycles. The average Bonchev–Trinajstić information content (AvgIpc) is 2.45. The van der Waals surface area contributed by atoms with Crippen molar-refractivity contribution < 1.29 is 9.18 Å². The van der Waals surface area contributed by atoms with E-state index in [4.69, 9.17) is 0 Å². The standard InChI is InChI=1S/C16H24FN3O/c1-2-8-18-15-14(11-13(17)12-19-15)16(21)20-9-6-4-3-5-7-10-20/h11-12H,2-10H2,1H3,(H,18,19). The van der Waals surface area contributed by atoms with E-state index in [1.54, 1.807) is 0 Å². The summed E-state index contributed by atoms with van der Waals surface area (Å²) in [5.41, 5.74) is 0.351. The Morgan fingerprint density at radius 3 is 2.62 bits per heavy atom. The van der Waals surface area contributed by atoms with Gasteiger partial charge in [0.15, 0.2) is 0 Å². The van der Waals surface area contributed by atoms with Crippen molar-refractivity contribution >= 4 is 11.7 Å². The summed E-state index contributed by atoms with van der Waals surface area (Å²) < 4.78 is 13.5. The largest absolute Gasteiger partial charge is 0.369 e. The second-order valence-electron chi connectivity index (χ2n) is 5.54. The highest BCUT2D eigenvalue weighted by atomic mass is 19.1. The first-order chi connectivity index (χ1) is 10.2. The Morgan fingerprint density at radius 1 is 1.29 bits per heavy atom. The fourth-order valence-corrected chi connectivity index (χ4v) is 2.61. The second-order valence-corrected chi connectivity index (χ2v) is 5.54. The molecule has 1 aromatic heterocycles. The summed E-state index contributed by atoms with van der Waals surface area (Å²) in [5.74, 6) is -0.0831. The lowest BCUT2D eigenvalue weighted by Crippen LogP contribution is -2.34. The zero-order valence-corrected chi connectivity index (χ0v) is 12.7. The van der Waals surface area contributed by atoms with Gasteiger partial charge in [0.25, 0.3) is 5.91 Å². The van der Waals surface area contributed by atoms with E-state index >= 15 is 0 Å². The third-order valence-corrected chi connectivity index (χ3v) is 3.77. The van der Waals surface area contributed by atoms with Crippen LogP contribution in [0, 0.1) is 5.82 Å². The Balaban J connectivity index is 2.17. The Labute approximate surface area is 125 Å². The molecule has 0 bridgehead atoms. The Bertz CT molecular complexity index is 471. The number of amides is 1. The van der Waals surface area contributed by atoms with Crippen molar-refractivity contribution in [3.05, 3.63) is 23.6 Å². The Kier molecular flexibility index (Phi) is 5.96. The maximum Gasteiger partial charge on any atom is 0.257 e. The number of pyridine rings is 1. The molecule has 116 valence electrons. The molecule has 2 rings (SSSR count). The van der Waals surface area contributed by atoms with Crippen molar-refractivity contribution in [3.63, 3.8) is 0 Å². The molecule has 0 saturated carbocycles. The van der Waals surface area contributed by atoms with Gasteiger partial charge < -0.3 is 10.2 Å². The van der Waals surface area contributed by atoms with E-state index in [1.165, 1.54) is 12.5 Å². The highest BCUT2D eigenvalue weighted by Crippen LogP contribution is 2.19. The monoisotopic (exact) mass is 293 g/mol. The van der Waals surface area contributed by atoms with Crippen LogP contribution in [0.25, 0.3) is 0 Å². The molecule has 1 N–H and O–H groups in total. The van der Waals surface area contributed by atoms with Gasteiger partial charge in [-0.05, 0) is 25.3 Å². The molecule has 1 aliphatic rings. The lowest BCUT2D eigenvalue weighted by atomic mass is 10.1. The molecule has 0 atom stereocenters. The van der Waals surface area contributed by atoms with Crippen LogP contribution >= 0.6 is 0 Å². The number of hydrogen-bond acceptors (Lipinski definition) is 3. The lowest BCUT2D eigenvalue weighted by Gasteiger charge is -2.25. The number of carbonyl (C=O) groups excluding carboxylic acids is 1.